The predicted octanol–water partition coefficient (Wildman–Crippen LogP) is 8.90. The maximum atomic E-state index is 2.36. The SMILES string of the molecule is CCC1(CCCSc2ccccc2)CCC1.CCCCC1(CC)CCC1. The molecule has 0 radical (unpaired) electrons. The van der Waals surface area contributed by atoms with Crippen molar-refractivity contribution >= 4 is 11.8 Å². The second-order valence-electron chi connectivity index (χ2n) is 8.78. The van der Waals surface area contributed by atoms with E-state index in [0.29, 0.717) is 0 Å². The fourth-order valence-electron chi connectivity index (χ4n) is 4.62. The number of benzene rings is 1. The zero-order chi connectivity index (χ0) is 18.7. The summed E-state index contributed by atoms with van der Waals surface area (Å²) < 4.78 is 0. The van der Waals surface area contributed by atoms with Crippen LogP contribution in [0.3, 0.4) is 0 Å². The fraction of sp³-hybridized carbons (Fsp3) is 0.760. The topological polar surface area (TPSA) is 0 Å². The van der Waals surface area contributed by atoms with E-state index < -0.39 is 0 Å². The van der Waals surface area contributed by atoms with E-state index in [1.165, 1.54) is 94.1 Å². The quantitative estimate of drug-likeness (QED) is 0.291. The molecule has 0 nitrogen and oxygen atoms in total. The van der Waals surface area contributed by atoms with Crippen molar-refractivity contribution < 1.29 is 0 Å². The van der Waals surface area contributed by atoms with Crippen LogP contribution in [0.25, 0.3) is 0 Å². The minimum Gasteiger partial charge on any atom is -0.126 e. The lowest BCUT2D eigenvalue weighted by molar-refractivity contribution is 0.110. The summed E-state index contributed by atoms with van der Waals surface area (Å²) in [6, 6.07) is 10.8. The average Bonchev–Trinajstić information content (AvgIpc) is 2.62. The Labute approximate surface area is 167 Å². The first-order valence-electron chi connectivity index (χ1n) is 11.4. The van der Waals surface area contributed by atoms with E-state index in [2.05, 4.69) is 51.1 Å². The zero-order valence-electron chi connectivity index (χ0n) is 17.7. The van der Waals surface area contributed by atoms with Crippen LogP contribution in [-0.2, 0) is 0 Å². The van der Waals surface area contributed by atoms with E-state index >= 15 is 0 Å². The molecule has 148 valence electrons. The molecule has 0 spiro atoms. The van der Waals surface area contributed by atoms with Gasteiger partial charge in [-0.25, -0.2) is 0 Å². The van der Waals surface area contributed by atoms with Crippen molar-refractivity contribution in [2.45, 2.75) is 109 Å². The highest BCUT2D eigenvalue weighted by atomic mass is 32.2. The predicted molar refractivity (Wildman–Crippen MR) is 119 cm³/mol. The van der Waals surface area contributed by atoms with E-state index in [0.717, 1.165) is 10.8 Å². The molecule has 0 atom stereocenters. The van der Waals surface area contributed by atoms with Crippen LogP contribution in [0.1, 0.15) is 104 Å². The van der Waals surface area contributed by atoms with E-state index in [9.17, 15) is 0 Å². The molecule has 0 aliphatic heterocycles. The lowest BCUT2D eigenvalue weighted by Gasteiger charge is -2.41. The summed E-state index contributed by atoms with van der Waals surface area (Å²) in [6.07, 6.45) is 18.9. The van der Waals surface area contributed by atoms with Crippen molar-refractivity contribution in [3.05, 3.63) is 30.3 Å². The van der Waals surface area contributed by atoms with Gasteiger partial charge in [0.05, 0.1) is 0 Å². The second-order valence-corrected chi connectivity index (χ2v) is 9.95. The second kappa shape index (κ2) is 11.4. The lowest BCUT2D eigenvalue weighted by atomic mass is 9.64. The highest BCUT2D eigenvalue weighted by Gasteiger charge is 2.34. The molecule has 0 saturated heterocycles. The van der Waals surface area contributed by atoms with Gasteiger partial charge in [0, 0.05) is 4.90 Å². The standard InChI is InChI=1S/C15H22S.C10H20/c1-2-15(10-6-11-15)12-7-13-16-14-8-4-3-5-9-14;1-3-5-7-10(4-2)8-6-9-10/h3-5,8-9H,2,6-7,10-13H2,1H3;3-9H2,1-2H3. The van der Waals surface area contributed by atoms with Crippen LogP contribution in [0.2, 0.25) is 0 Å². The Hall–Kier alpha value is -0.430. The first kappa shape index (κ1) is 21.9. The van der Waals surface area contributed by atoms with Gasteiger partial charge in [-0.05, 0) is 73.7 Å². The number of hydrogen-bond acceptors (Lipinski definition) is 1. The van der Waals surface area contributed by atoms with Crippen molar-refractivity contribution in [1.82, 2.24) is 0 Å². The summed E-state index contributed by atoms with van der Waals surface area (Å²) in [5, 5.41) is 0. The third kappa shape index (κ3) is 6.63. The molecule has 0 N–H and O–H groups in total. The van der Waals surface area contributed by atoms with E-state index in [1.807, 2.05) is 11.8 Å². The normalized spacial score (nSPS) is 19.7. The molecule has 1 heteroatoms. The van der Waals surface area contributed by atoms with Crippen LogP contribution in [0, 0.1) is 10.8 Å². The molecule has 26 heavy (non-hydrogen) atoms. The first-order chi connectivity index (χ1) is 12.7. The van der Waals surface area contributed by atoms with Crippen LogP contribution < -0.4 is 0 Å². The molecular weight excluding hydrogens is 332 g/mol. The molecular formula is C25H42S. The van der Waals surface area contributed by atoms with Gasteiger partial charge in [-0.3, -0.25) is 0 Å². The fourth-order valence-corrected chi connectivity index (χ4v) is 5.49. The minimum absolute atomic E-state index is 0.747. The van der Waals surface area contributed by atoms with Crippen LogP contribution in [-0.4, -0.2) is 5.75 Å². The van der Waals surface area contributed by atoms with Gasteiger partial charge in [0.25, 0.3) is 0 Å². The van der Waals surface area contributed by atoms with Crippen molar-refractivity contribution in [2.24, 2.45) is 10.8 Å². The number of rotatable bonds is 10. The van der Waals surface area contributed by atoms with Crippen molar-refractivity contribution in [3.63, 3.8) is 0 Å². The molecule has 1 aromatic carbocycles. The van der Waals surface area contributed by atoms with Crippen molar-refractivity contribution in [2.75, 3.05) is 5.75 Å². The monoisotopic (exact) mass is 374 g/mol. The Morgan fingerprint density at radius 2 is 1.31 bits per heavy atom. The zero-order valence-corrected chi connectivity index (χ0v) is 18.5. The molecule has 2 aliphatic rings. The summed E-state index contributed by atoms with van der Waals surface area (Å²) in [4.78, 5) is 1.42. The van der Waals surface area contributed by atoms with Gasteiger partial charge in [0.1, 0.15) is 0 Å². The van der Waals surface area contributed by atoms with Crippen LogP contribution in [0.15, 0.2) is 35.2 Å². The van der Waals surface area contributed by atoms with Crippen molar-refractivity contribution in [1.29, 1.82) is 0 Å². The van der Waals surface area contributed by atoms with Gasteiger partial charge >= 0.3 is 0 Å². The molecule has 1 aromatic rings. The minimum atomic E-state index is 0.747. The maximum Gasteiger partial charge on any atom is 0.00719 e. The van der Waals surface area contributed by atoms with Crippen LogP contribution >= 0.6 is 11.8 Å². The molecule has 2 fully saturated rings. The summed E-state index contributed by atoms with van der Waals surface area (Å²) in [5.41, 5.74) is 1.56. The molecule has 2 saturated carbocycles. The Bertz CT molecular complexity index is 459. The Morgan fingerprint density at radius 1 is 0.769 bits per heavy atom. The van der Waals surface area contributed by atoms with Gasteiger partial charge in [-0.15, -0.1) is 11.8 Å². The molecule has 0 bridgehead atoms. The third-order valence-electron chi connectivity index (χ3n) is 7.25. The number of hydrogen-bond donors (Lipinski definition) is 0. The van der Waals surface area contributed by atoms with E-state index in [-0.39, 0.29) is 0 Å². The average molecular weight is 375 g/mol. The smallest absolute Gasteiger partial charge is 0.00719 e. The van der Waals surface area contributed by atoms with Gasteiger partial charge in [-0.1, -0.05) is 77.5 Å². The Balaban J connectivity index is 0.000000209. The third-order valence-corrected chi connectivity index (χ3v) is 8.35. The van der Waals surface area contributed by atoms with Crippen molar-refractivity contribution in [3.8, 4) is 0 Å². The first-order valence-corrected chi connectivity index (χ1v) is 12.3. The van der Waals surface area contributed by atoms with Gasteiger partial charge in [-0.2, -0.15) is 0 Å². The summed E-state index contributed by atoms with van der Waals surface area (Å²) in [5.74, 6) is 1.28. The highest BCUT2D eigenvalue weighted by Crippen LogP contribution is 2.48. The van der Waals surface area contributed by atoms with Gasteiger partial charge in [0.15, 0.2) is 0 Å². The molecule has 2 aliphatic carbocycles. The van der Waals surface area contributed by atoms with Crippen LogP contribution in [0.5, 0.6) is 0 Å². The Morgan fingerprint density at radius 3 is 1.73 bits per heavy atom. The summed E-state index contributed by atoms with van der Waals surface area (Å²) >= 11 is 2.01. The lowest BCUT2D eigenvalue weighted by Crippen LogP contribution is -2.28. The largest absolute Gasteiger partial charge is 0.126 e. The Kier molecular flexibility index (Phi) is 9.61. The summed E-state index contributed by atoms with van der Waals surface area (Å²) in [6.45, 7) is 7.01. The van der Waals surface area contributed by atoms with E-state index in [1.54, 1.807) is 0 Å². The summed E-state index contributed by atoms with van der Waals surface area (Å²) in [7, 11) is 0. The molecule has 0 amide bonds. The number of thioether (sulfide) groups is 1. The maximum absolute atomic E-state index is 2.36. The molecule has 0 heterocycles. The van der Waals surface area contributed by atoms with Crippen LogP contribution in [0.4, 0.5) is 0 Å². The highest BCUT2D eigenvalue weighted by molar-refractivity contribution is 7.99. The molecule has 0 unspecified atom stereocenters. The number of unbranched alkanes of at least 4 members (excludes halogenated alkanes) is 1. The van der Waals surface area contributed by atoms with E-state index in [4.69, 9.17) is 0 Å². The van der Waals surface area contributed by atoms with Gasteiger partial charge < -0.3 is 0 Å². The van der Waals surface area contributed by atoms with Gasteiger partial charge in [0.2, 0.25) is 0 Å². The molecule has 3 rings (SSSR count). The molecule has 0 aromatic heterocycles.